The van der Waals surface area contributed by atoms with E-state index in [1.165, 1.54) is 12.8 Å². The van der Waals surface area contributed by atoms with Crippen molar-refractivity contribution in [2.75, 3.05) is 0 Å². The molecule has 0 aromatic rings. The van der Waals surface area contributed by atoms with Crippen LogP contribution in [-0.4, -0.2) is 30.1 Å². The van der Waals surface area contributed by atoms with Gasteiger partial charge in [-0.25, -0.2) is 8.42 Å². The number of hydrogen-bond acceptors (Lipinski definition) is 2. The normalized spacial score (nSPS) is 41.1. The van der Waals surface area contributed by atoms with Crippen LogP contribution < -0.4 is 0 Å². The second kappa shape index (κ2) is 3.76. The van der Waals surface area contributed by atoms with Crippen molar-refractivity contribution in [1.82, 2.24) is 4.31 Å². The fourth-order valence-electron chi connectivity index (χ4n) is 5.10. The van der Waals surface area contributed by atoms with Crippen molar-refractivity contribution in [3.05, 3.63) is 0 Å². The third-order valence-electron chi connectivity index (χ3n) is 6.24. The first-order valence-electron chi connectivity index (χ1n) is 7.99. The van der Waals surface area contributed by atoms with Gasteiger partial charge < -0.3 is 0 Å². The van der Waals surface area contributed by atoms with Crippen molar-refractivity contribution >= 4 is 10.0 Å². The summed E-state index contributed by atoms with van der Waals surface area (Å²) in [5.74, 6) is 1.46. The Bertz CT molecular complexity index is 490. The van der Waals surface area contributed by atoms with Gasteiger partial charge in [0, 0.05) is 12.1 Å². The van der Waals surface area contributed by atoms with E-state index in [0.717, 1.165) is 38.0 Å². The molecule has 108 valence electrons. The van der Waals surface area contributed by atoms with Crippen LogP contribution in [0, 0.1) is 17.3 Å². The largest absolute Gasteiger partial charge is 0.217 e. The van der Waals surface area contributed by atoms with Crippen molar-refractivity contribution in [3.8, 4) is 0 Å². The highest BCUT2D eigenvalue weighted by molar-refractivity contribution is 7.90. The maximum atomic E-state index is 12.7. The maximum absolute atomic E-state index is 12.7. The van der Waals surface area contributed by atoms with E-state index in [-0.39, 0.29) is 5.25 Å². The van der Waals surface area contributed by atoms with Gasteiger partial charge in [-0.1, -0.05) is 13.8 Å². The Balaban J connectivity index is 1.70. The van der Waals surface area contributed by atoms with Gasteiger partial charge in [0.05, 0.1) is 5.25 Å². The number of fused-ring (bicyclic) bond motifs is 3. The van der Waals surface area contributed by atoms with E-state index in [1.807, 2.05) is 4.31 Å². The zero-order valence-corrected chi connectivity index (χ0v) is 12.8. The summed E-state index contributed by atoms with van der Waals surface area (Å²) >= 11 is 0. The average molecular weight is 283 g/mol. The third kappa shape index (κ3) is 1.62. The highest BCUT2D eigenvalue weighted by atomic mass is 32.2. The summed E-state index contributed by atoms with van der Waals surface area (Å²) < 4.78 is 27.5. The summed E-state index contributed by atoms with van der Waals surface area (Å²) in [6.45, 7) is 4.66. The molecule has 4 fully saturated rings. The van der Waals surface area contributed by atoms with Crippen LogP contribution in [0.1, 0.15) is 58.8 Å². The minimum atomic E-state index is -2.97. The molecule has 2 bridgehead atoms. The van der Waals surface area contributed by atoms with Crippen molar-refractivity contribution in [3.63, 3.8) is 0 Å². The van der Waals surface area contributed by atoms with E-state index in [0.29, 0.717) is 23.4 Å². The lowest BCUT2D eigenvalue weighted by molar-refractivity contribution is 0.0635. The summed E-state index contributed by atoms with van der Waals surface area (Å²) in [5.41, 5.74) is 0.364. The first-order valence-corrected chi connectivity index (χ1v) is 9.49. The molecule has 2 heterocycles. The molecule has 0 amide bonds. The van der Waals surface area contributed by atoms with Gasteiger partial charge in [-0.05, 0) is 62.2 Å². The van der Waals surface area contributed by atoms with E-state index >= 15 is 0 Å². The Kier molecular flexibility index (Phi) is 2.50. The molecule has 4 aliphatic rings. The topological polar surface area (TPSA) is 37.4 Å². The summed E-state index contributed by atoms with van der Waals surface area (Å²) in [7, 11) is -2.97. The van der Waals surface area contributed by atoms with E-state index in [9.17, 15) is 8.42 Å². The number of nitrogens with zero attached hydrogens (tertiary/aromatic N) is 1. The standard InChI is InChI=1S/C15H25NO2S/c1-10(2)13-9-11-3-6-14(15(13)7-8-15)16(11)19(17,18)12-4-5-12/h10-14H,3-9H2,1-2H3. The SMILES string of the molecule is CC(C)C1CC2CCC(N2S(=O)(=O)C2CC2)C12CC2. The van der Waals surface area contributed by atoms with Crippen LogP contribution in [0.2, 0.25) is 0 Å². The lowest BCUT2D eigenvalue weighted by Gasteiger charge is -2.46. The summed E-state index contributed by atoms with van der Waals surface area (Å²) in [4.78, 5) is 0. The van der Waals surface area contributed by atoms with Crippen LogP contribution in [-0.2, 0) is 10.0 Å². The molecule has 4 rings (SSSR count). The molecule has 0 radical (unpaired) electrons. The van der Waals surface area contributed by atoms with Crippen molar-refractivity contribution in [1.29, 1.82) is 0 Å². The minimum absolute atomic E-state index is 0.0259. The predicted molar refractivity (Wildman–Crippen MR) is 75.2 cm³/mol. The van der Waals surface area contributed by atoms with E-state index in [2.05, 4.69) is 13.8 Å². The van der Waals surface area contributed by atoms with Crippen molar-refractivity contribution < 1.29 is 8.42 Å². The van der Waals surface area contributed by atoms with Crippen molar-refractivity contribution in [2.45, 2.75) is 76.1 Å². The second-order valence-electron chi connectivity index (χ2n) is 7.64. The van der Waals surface area contributed by atoms with Gasteiger partial charge in [-0.2, -0.15) is 4.31 Å². The van der Waals surface area contributed by atoms with Gasteiger partial charge in [0.15, 0.2) is 0 Å². The zero-order chi connectivity index (χ0) is 13.4. The molecule has 3 nitrogen and oxygen atoms in total. The fraction of sp³-hybridized carbons (Fsp3) is 1.00. The lowest BCUT2D eigenvalue weighted by Crippen LogP contribution is -2.54. The molecule has 3 atom stereocenters. The monoisotopic (exact) mass is 283 g/mol. The van der Waals surface area contributed by atoms with Gasteiger partial charge in [0.1, 0.15) is 0 Å². The summed E-state index contributed by atoms with van der Waals surface area (Å²) in [6.07, 6.45) is 7.70. The molecular formula is C15H25NO2S. The van der Waals surface area contributed by atoms with Crippen LogP contribution in [0.15, 0.2) is 0 Å². The van der Waals surface area contributed by atoms with Gasteiger partial charge in [-0.3, -0.25) is 0 Å². The number of sulfonamides is 1. The molecular weight excluding hydrogens is 258 g/mol. The number of piperidine rings is 1. The Hall–Kier alpha value is -0.0900. The highest BCUT2D eigenvalue weighted by Crippen LogP contribution is 2.66. The number of rotatable bonds is 3. The molecule has 4 heteroatoms. The zero-order valence-electron chi connectivity index (χ0n) is 12.0. The molecule has 3 unspecified atom stereocenters. The fourth-order valence-corrected chi connectivity index (χ4v) is 7.46. The van der Waals surface area contributed by atoms with Crippen LogP contribution in [0.5, 0.6) is 0 Å². The average Bonchev–Trinajstić information content (AvgIpc) is 3.23. The number of hydrogen-bond donors (Lipinski definition) is 0. The van der Waals surface area contributed by atoms with Crippen LogP contribution in [0.4, 0.5) is 0 Å². The molecule has 2 saturated heterocycles. The molecule has 2 saturated carbocycles. The molecule has 19 heavy (non-hydrogen) atoms. The predicted octanol–water partition coefficient (Wildman–Crippen LogP) is 2.77. The first kappa shape index (κ1) is 12.6. The van der Waals surface area contributed by atoms with Crippen LogP contribution in [0.25, 0.3) is 0 Å². The molecule has 0 N–H and O–H groups in total. The lowest BCUT2D eigenvalue weighted by atomic mass is 9.72. The molecule has 2 aliphatic heterocycles. The Labute approximate surface area is 116 Å². The summed E-state index contributed by atoms with van der Waals surface area (Å²) in [6, 6.07) is 0.679. The van der Waals surface area contributed by atoms with E-state index < -0.39 is 10.0 Å². The van der Waals surface area contributed by atoms with Crippen LogP contribution >= 0.6 is 0 Å². The third-order valence-corrected chi connectivity index (χ3v) is 8.69. The molecule has 0 aromatic carbocycles. The van der Waals surface area contributed by atoms with Crippen molar-refractivity contribution in [2.24, 2.45) is 17.3 Å². The molecule has 1 spiro atoms. The molecule has 0 aromatic heterocycles. The van der Waals surface area contributed by atoms with E-state index in [1.54, 1.807) is 0 Å². The van der Waals surface area contributed by atoms with Gasteiger partial charge >= 0.3 is 0 Å². The Morgan fingerprint density at radius 2 is 1.79 bits per heavy atom. The minimum Gasteiger partial charge on any atom is -0.212 e. The summed E-state index contributed by atoms with van der Waals surface area (Å²) in [5, 5.41) is -0.0259. The smallest absolute Gasteiger partial charge is 0.212 e. The Morgan fingerprint density at radius 1 is 1.11 bits per heavy atom. The van der Waals surface area contributed by atoms with E-state index in [4.69, 9.17) is 0 Å². The second-order valence-corrected chi connectivity index (χ2v) is 9.76. The highest BCUT2D eigenvalue weighted by Gasteiger charge is 2.66. The quantitative estimate of drug-likeness (QED) is 0.798. The Morgan fingerprint density at radius 3 is 2.32 bits per heavy atom. The van der Waals surface area contributed by atoms with Crippen LogP contribution in [0.3, 0.4) is 0 Å². The van der Waals surface area contributed by atoms with Gasteiger partial charge in [0.2, 0.25) is 10.0 Å². The van der Waals surface area contributed by atoms with Gasteiger partial charge in [-0.15, -0.1) is 0 Å². The van der Waals surface area contributed by atoms with Gasteiger partial charge in [0.25, 0.3) is 0 Å². The first-order chi connectivity index (χ1) is 8.97. The molecule has 2 aliphatic carbocycles. The maximum Gasteiger partial charge on any atom is 0.217 e.